The molecule has 0 aliphatic carbocycles. The van der Waals surface area contributed by atoms with Crippen molar-refractivity contribution >= 4 is 23.5 Å². The van der Waals surface area contributed by atoms with Gasteiger partial charge >= 0.3 is 5.97 Å². The molecule has 0 aromatic rings. The molecule has 1 fully saturated rings. The SMILES string of the molecule is COC(=O)C1CCC(CO)N(C(=O)[C@@H](C)Cl)C1. The van der Waals surface area contributed by atoms with Crippen molar-refractivity contribution in [2.24, 2.45) is 5.92 Å². The number of rotatable bonds is 3. The van der Waals surface area contributed by atoms with Gasteiger partial charge in [-0.05, 0) is 19.8 Å². The number of amides is 1. The van der Waals surface area contributed by atoms with Gasteiger partial charge in [-0.1, -0.05) is 0 Å². The second-order valence-electron chi connectivity index (χ2n) is 4.24. The van der Waals surface area contributed by atoms with Gasteiger partial charge in [0.25, 0.3) is 0 Å². The van der Waals surface area contributed by atoms with Crippen molar-refractivity contribution in [3.05, 3.63) is 0 Å². The van der Waals surface area contributed by atoms with Gasteiger partial charge in [0.05, 0.1) is 25.7 Å². The Bertz CT molecular complexity index is 295. The van der Waals surface area contributed by atoms with Gasteiger partial charge in [0, 0.05) is 6.54 Å². The Kier molecular flexibility index (Phi) is 5.21. The monoisotopic (exact) mass is 263 g/mol. The number of hydrogen-bond acceptors (Lipinski definition) is 4. The molecule has 0 saturated carbocycles. The lowest BCUT2D eigenvalue weighted by molar-refractivity contribution is -0.151. The summed E-state index contributed by atoms with van der Waals surface area (Å²) in [7, 11) is 1.33. The van der Waals surface area contributed by atoms with Crippen LogP contribution in [0, 0.1) is 5.92 Å². The molecule has 17 heavy (non-hydrogen) atoms. The minimum absolute atomic E-state index is 0.108. The summed E-state index contributed by atoms with van der Waals surface area (Å²) in [6, 6.07) is -0.246. The van der Waals surface area contributed by atoms with Crippen LogP contribution in [-0.4, -0.2) is 53.6 Å². The number of methoxy groups -OCH3 is 1. The van der Waals surface area contributed by atoms with E-state index < -0.39 is 5.38 Å². The molecule has 98 valence electrons. The molecular formula is C11H18ClNO4. The van der Waals surface area contributed by atoms with Gasteiger partial charge in [0.15, 0.2) is 0 Å². The van der Waals surface area contributed by atoms with Crippen LogP contribution in [0.1, 0.15) is 19.8 Å². The average Bonchev–Trinajstić information content (AvgIpc) is 2.35. The first-order chi connectivity index (χ1) is 8.01. The van der Waals surface area contributed by atoms with Crippen molar-refractivity contribution in [2.75, 3.05) is 20.3 Å². The molecule has 0 spiro atoms. The Balaban J connectivity index is 2.75. The molecule has 1 rings (SSSR count). The largest absolute Gasteiger partial charge is 0.469 e. The lowest BCUT2D eigenvalue weighted by Gasteiger charge is -2.38. The summed E-state index contributed by atoms with van der Waals surface area (Å²) in [5.41, 5.74) is 0. The average molecular weight is 264 g/mol. The molecule has 0 aromatic heterocycles. The van der Waals surface area contributed by atoms with E-state index in [1.165, 1.54) is 12.0 Å². The normalized spacial score (nSPS) is 26.5. The van der Waals surface area contributed by atoms with E-state index in [4.69, 9.17) is 11.6 Å². The molecule has 0 aromatic carbocycles. The van der Waals surface area contributed by atoms with Gasteiger partial charge in [-0.15, -0.1) is 11.6 Å². The highest BCUT2D eigenvalue weighted by molar-refractivity contribution is 6.30. The zero-order chi connectivity index (χ0) is 13.0. The van der Waals surface area contributed by atoms with Crippen LogP contribution in [0.3, 0.4) is 0 Å². The number of carbonyl (C=O) groups is 2. The zero-order valence-electron chi connectivity index (χ0n) is 10.1. The Morgan fingerprint density at radius 1 is 1.53 bits per heavy atom. The van der Waals surface area contributed by atoms with Crippen LogP contribution in [0.15, 0.2) is 0 Å². The van der Waals surface area contributed by atoms with Gasteiger partial charge in [-0.3, -0.25) is 9.59 Å². The summed E-state index contributed by atoms with van der Waals surface area (Å²) < 4.78 is 4.67. The van der Waals surface area contributed by atoms with Gasteiger partial charge in [-0.2, -0.15) is 0 Å². The Morgan fingerprint density at radius 2 is 2.18 bits per heavy atom. The van der Waals surface area contributed by atoms with Crippen molar-refractivity contribution < 1.29 is 19.4 Å². The van der Waals surface area contributed by atoms with Gasteiger partial charge < -0.3 is 14.7 Å². The van der Waals surface area contributed by atoms with Crippen LogP contribution in [0.2, 0.25) is 0 Å². The molecule has 6 heteroatoms. The van der Waals surface area contributed by atoms with Crippen molar-refractivity contribution in [1.82, 2.24) is 4.90 Å². The Morgan fingerprint density at radius 3 is 2.65 bits per heavy atom. The van der Waals surface area contributed by atoms with Crippen LogP contribution in [0.4, 0.5) is 0 Å². The van der Waals surface area contributed by atoms with Crippen molar-refractivity contribution in [2.45, 2.75) is 31.2 Å². The second-order valence-corrected chi connectivity index (χ2v) is 4.90. The van der Waals surface area contributed by atoms with Crippen LogP contribution in [0.25, 0.3) is 0 Å². The maximum Gasteiger partial charge on any atom is 0.310 e. The van der Waals surface area contributed by atoms with Crippen LogP contribution in [0.5, 0.6) is 0 Å². The highest BCUT2D eigenvalue weighted by Crippen LogP contribution is 2.24. The number of alkyl halides is 1. The lowest BCUT2D eigenvalue weighted by atomic mass is 9.92. The molecule has 5 nitrogen and oxygen atoms in total. The third kappa shape index (κ3) is 3.33. The first-order valence-corrected chi connectivity index (χ1v) is 6.08. The minimum atomic E-state index is -0.652. The van der Waals surface area contributed by atoms with Crippen molar-refractivity contribution in [3.8, 4) is 0 Å². The minimum Gasteiger partial charge on any atom is -0.469 e. The predicted octanol–water partition coefficient (Wildman–Crippen LogP) is 0.386. The predicted molar refractivity (Wildman–Crippen MR) is 62.6 cm³/mol. The molecule has 1 amide bonds. The highest BCUT2D eigenvalue weighted by Gasteiger charge is 2.35. The third-order valence-electron chi connectivity index (χ3n) is 3.07. The number of aliphatic hydroxyl groups excluding tert-OH is 1. The van der Waals surface area contributed by atoms with Crippen LogP contribution >= 0.6 is 11.6 Å². The molecule has 1 N–H and O–H groups in total. The third-order valence-corrected chi connectivity index (χ3v) is 3.26. The summed E-state index contributed by atoms with van der Waals surface area (Å²) in [6.07, 6.45) is 1.21. The number of aliphatic hydroxyl groups is 1. The van der Waals surface area contributed by atoms with E-state index in [1.807, 2.05) is 0 Å². The van der Waals surface area contributed by atoms with Gasteiger partial charge in [0.1, 0.15) is 5.38 Å². The zero-order valence-corrected chi connectivity index (χ0v) is 10.8. The molecule has 0 bridgehead atoms. The van der Waals surface area contributed by atoms with E-state index in [-0.39, 0.29) is 37.0 Å². The number of carbonyl (C=O) groups excluding carboxylic acids is 2. The summed E-state index contributed by atoms with van der Waals surface area (Å²) in [5, 5.41) is 8.57. The number of ether oxygens (including phenoxy) is 1. The van der Waals surface area contributed by atoms with Crippen molar-refractivity contribution in [3.63, 3.8) is 0 Å². The Labute approximate surface area is 106 Å². The molecule has 1 saturated heterocycles. The molecule has 1 aliphatic rings. The maximum atomic E-state index is 11.9. The fourth-order valence-electron chi connectivity index (χ4n) is 2.07. The summed E-state index contributed by atoms with van der Waals surface area (Å²) >= 11 is 5.76. The Hall–Kier alpha value is -0.810. The quantitative estimate of drug-likeness (QED) is 0.591. The molecule has 1 aliphatic heterocycles. The molecule has 3 atom stereocenters. The number of piperidine rings is 1. The van der Waals surface area contributed by atoms with E-state index in [9.17, 15) is 14.7 Å². The number of nitrogens with zero attached hydrogens (tertiary/aromatic N) is 1. The van der Waals surface area contributed by atoms with E-state index in [2.05, 4.69) is 4.74 Å². The fourth-order valence-corrected chi connectivity index (χ4v) is 2.20. The first-order valence-electron chi connectivity index (χ1n) is 5.64. The molecule has 1 heterocycles. The van der Waals surface area contributed by atoms with E-state index >= 15 is 0 Å². The van der Waals surface area contributed by atoms with Crippen LogP contribution in [-0.2, 0) is 14.3 Å². The molecule has 0 radical (unpaired) electrons. The van der Waals surface area contributed by atoms with Crippen LogP contribution < -0.4 is 0 Å². The first kappa shape index (κ1) is 14.3. The topological polar surface area (TPSA) is 66.8 Å². The van der Waals surface area contributed by atoms with Crippen molar-refractivity contribution in [1.29, 1.82) is 0 Å². The number of likely N-dealkylation sites (tertiary alicyclic amines) is 1. The summed E-state index contributed by atoms with van der Waals surface area (Å²) in [4.78, 5) is 24.8. The summed E-state index contributed by atoms with van der Waals surface area (Å²) in [6.45, 7) is 1.75. The standard InChI is InChI=1S/C11H18ClNO4/c1-7(12)10(15)13-5-8(11(16)17-2)3-4-9(13)6-14/h7-9,14H,3-6H2,1-2H3/t7-,8?,9?/m1/s1. The van der Waals surface area contributed by atoms with E-state index in [0.717, 1.165) is 0 Å². The number of hydrogen-bond donors (Lipinski definition) is 1. The van der Waals surface area contributed by atoms with E-state index in [0.29, 0.717) is 12.8 Å². The molecular weight excluding hydrogens is 246 g/mol. The maximum absolute atomic E-state index is 11.9. The number of halogens is 1. The second kappa shape index (κ2) is 6.21. The van der Waals surface area contributed by atoms with Gasteiger partial charge in [-0.25, -0.2) is 0 Å². The lowest BCUT2D eigenvalue weighted by Crippen LogP contribution is -2.52. The fraction of sp³-hybridized carbons (Fsp3) is 0.818. The van der Waals surface area contributed by atoms with E-state index in [1.54, 1.807) is 6.92 Å². The highest BCUT2D eigenvalue weighted by atomic mass is 35.5. The molecule has 2 unspecified atom stereocenters. The smallest absolute Gasteiger partial charge is 0.310 e. The number of esters is 1. The summed E-state index contributed by atoms with van der Waals surface area (Å²) in [5.74, 6) is -0.886. The van der Waals surface area contributed by atoms with Gasteiger partial charge in [0.2, 0.25) is 5.91 Å².